The minimum absolute atomic E-state index is 0.104. The van der Waals surface area contributed by atoms with Gasteiger partial charge < -0.3 is 10.1 Å². The van der Waals surface area contributed by atoms with Crippen molar-refractivity contribution >= 4 is 35.0 Å². The van der Waals surface area contributed by atoms with Crippen molar-refractivity contribution in [3.05, 3.63) is 70.5 Å². The van der Waals surface area contributed by atoms with E-state index in [2.05, 4.69) is 15.3 Å². The molecule has 1 heterocycles. The van der Waals surface area contributed by atoms with Gasteiger partial charge in [0.1, 0.15) is 5.75 Å². The van der Waals surface area contributed by atoms with Crippen LogP contribution in [0.25, 0.3) is 0 Å². The van der Waals surface area contributed by atoms with E-state index in [1.807, 2.05) is 44.4 Å². The highest BCUT2D eigenvalue weighted by Gasteiger charge is 2.13. The lowest BCUT2D eigenvalue weighted by molar-refractivity contribution is -0.116. The van der Waals surface area contributed by atoms with Crippen molar-refractivity contribution in [1.29, 1.82) is 0 Å². The fourth-order valence-electron chi connectivity index (χ4n) is 2.92. The number of amides is 1. The van der Waals surface area contributed by atoms with Crippen molar-refractivity contribution in [3.63, 3.8) is 0 Å². The number of carbonyl (C=O) groups excluding carboxylic acids is 1. The summed E-state index contributed by atoms with van der Waals surface area (Å²) in [7, 11) is 0. The molecule has 3 rings (SSSR count). The molecule has 0 unspecified atom stereocenters. The minimum Gasteiger partial charge on any atom is -0.454 e. The van der Waals surface area contributed by atoms with Crippen molar-refractivity contribution in [1.82, 2.24) is 9.97 Å². The van der Waals surface area contributed by atoms with Crippen molar-refractivity contribution in [2.75, 3.05) is 11.6 Å². The monoisotopic (exact) mass is 427 g/mol. The number of hydrogen-bond acceptors (Lipinski definition) is 5. The average Bonchev–Trinajstić information content (AvgIpc) is 2.70. The molecular weight excluding hydrogens is 406 g/mol. The second-order valence-corrected chi connectivity index (χ2v) is 7.62. The van der Waals surface area contributed by atoms with Crippen LogP contribution in [0.5, 0.6) is 11.5 Å². The Morgan fingerprint density at radius 3 is 2.31 bits per heavy atom. The molecule has 2 aromatic carbocycles. The fraction of sp³-hybridized carbons (Fsp3) is 0.227. The molecule has 0 saturated heterocycles. The third-order valence-electron chi connectivity index (χ3n) is 4.40. The number of aromatic nitrogens is 2. The number of aryl methyl sites for hydroxylation is 2. The Hall–Kier alpha value is -2.57. The topological polar surface area (TPSA) is 64.1 Å². The maximum Gasteiger partial charge on any atom is 0.224 e. The van der Waals surface area contributed by atoms with Gasteiger partial charge in [0.25, 0.3) is 0 Å². The van der Waals surface area contributed by atoms with Crippen LogP contribution in [0.3, 0.4) is 0 Å². The van der Waals surface area contributed by atoms with E-state index in [0.29, 0.717) is 35.1 Å². The summed E-state index contributed by atoms with van der Waals surface area (Å²) in [6, 6.07) is 14.5. The Morgan fingerprint density at radius 1 is 1.03 bits per heavy atom. The van der Waals surface area contributed by atoms with Crippen LogP contribution < -0.4 is 10.1 Å². The molecule has 0 fully saturated rings. The highest BCUT2D eigenvalue weighted by Crippen LogP contribution is 2.33. The van der Waals surface area contributed by atoms with E-state index >= 15 is 0 Å². The predicted molar refractivity (Wildman–Crippen MR) is 118 cm³/mol. The highest BCUT2D eigenvalue weighted by atomic mass is 35.5. The zero-order valence-electron chi connectivity index (χ0n) is 16.5. The summed E-state index contributed by atoms with van der Waals surface area (Å²) in [5.41, 5.74) is 3.44. The molecule has 0 saturated carbocycles. The Kier molecular flexibility index (Phi) is 7.12. The molecule has 150 valence electrons. The van der Waals surface area contributed by atoms with Crippen LogP contribution in [0, 0.1) is 13.8 Å². The zero-order valence-corrected chi connectivity index (χ0v) is 18.1. The first-order valence-electron chi connectivity index (χ1n) is 9.17. The summed E-state index contributed by atoms with van der Waals surface area (Å²) in [6.45, 7) is 3.91. The smallest absolute Gasteiger partial charge is 0.224 e. The SMILES string of the molecule is CSc1nc(C)c(CCC(=O)Nc2ccccc2Oc2ccccc2Cl)c(C)n1. The number of anilines is 1. The molecule has 7 heteroatoms. The summed E-state index contributed by atoms with van der Waals surface area (Å²) in [4.78, 5) is 21.5. The minimum atomic E-state index is -0.104. The summed E-state index contributed by atoms with van der Waals surface area (Å²) in [6.07, 6.45) is 2.85. The quantitative estimate of drug-likeness (QED) is 0.379. The lowest BCUT2D eigenvalue weighted by atomic mass is 10.1. The summed E-state index contributed by atoms with van der Waals surface area (Å²) in [5.74, 6) is 0.968. The van der Waals surface area contributed by atoms with E-state index in [1.165, 1.54) is 11.8 Å². The van der Waals surface area contributed by atoms with E-state index in [1.54, 1.807) is 24.3 Å². The van der Waals surface area contributed by atoms with E-state index in [-0.39, 0.29) is 5.91 Å². The van der Waals surface area contributed by atoms with Gasteiger partial charge in [-0.1, -0.05) is 47.6 Å². The van der Waals surface area contributed by atoms with Gasteiger partial charge in [-0.05, 0) is 56.4 Å². The van der Waals surface area contributed by atoms with Gasteiger partial charge in [0.2, 0.25) is 5.91 Å². The van der Waals surface area contributed by atoms with E-state index in [4.69, 9.17) is 16.3 Å². The molecule has 1 aromatic heterocycles. The predicted octanol–water partition coefficient (Wildman–Crippen LogP) is 5.83. The second-order valence-electron chi connectivity index (χ2n) is 6.44. The van der Waals surface area contributed by atoms with Gasteiger partial charge in [-0.3, -0.25) is 4.79 Å². The molecule has 3 aromatic rings. The molecule has 0 aliphatic rings. The molecule has 5 nitrogen and oxygen atoms in total. The van der Waals surface area contributed by atoms with Crippen molar-refractivity contribution in [3.8, 4) is 11.5 Å². The zero-order chi connectivity index (χ0) is 20.8. The van der Waals surface area contributed by atoms with Crippen LogP contribution in [0.4, 0.5) is 5.69 Å². The Bertz CT molecular complexity index is 1000. The molecule has 0 radical (unpaired) electrons. The maximum atomic E-state index is 12.6. The number of nitrogens with one attached hydrogen (secondary N) is 1. The van der Waals surface area contributed by atoms with Crippen LogP contribution in [-0.4, -0.2) is 22.1 Å². The average molecular weight is 428 g/mol. The Balaban J connectivity index is 1.68. The Morgan fingerprint density at radius 2 is 1.66 bits per heavy atom. The first-order valence-corrected chi connectivity index (χ1v) is 10.8. The van der Waals surface area contributed by atoms with Crippen LogP contribution >= 0.6 is 23.4 Å². The molecule has 0 spiro atoms. The van der Waals surface area contributed by atoms with Crippen LogP contribution in [0.2, 0.25) is 5.02 Å². The summed E-state index contributed by atoms with van der Waals surface area (Å²) < 4.78 is 5.90. The number of rotatable bonds is 7. The number of ether oxygens (including phenoxy) is 1. The third kappa shape index (κ3) is 5.49. The number of nitrogens with zero attached hydrogens (tertiary/aromatic N) is 2. The number of carbonyl (C=O) groups is 1. The maximum absolute atomic E-state index is 12.6. The second kappa shape index (κ2) is 9.76. The molecule has 0 aliphatic heterocycles. The third-order valence-corrected chi connectivity index (χ3v) is 5.26. The molecular formula is C22H22ClN3O2S. The standard InChI is InChI=1S/C22H22ClN3O2S/c1-14-16(15(2)25-22(24-14)29-3)12-13-21(27)26-18-9-5-7-11-20(18)28-19-10-6-4-8-17(19)23/h4-11H,12-13H2,1-3H3,(H,26,27). The fourth-order valence-corrected chi connectivity index (χ4v) is 3.55. The molecule has 0 bridgehead atoms. The number of para-hydroxylation sites is 3. The van der Waals surface area contributed by atoms with Gasteiger partial charge in [0, 0.05) is 17.8 Å². The first kappa shape index (κ1) is 21.1. The van der Waals surface area contributed by atoms with E-state index < -0.39 is 0 Å². The van der Waals surface area contributed by atoms with Gasteiger partial charge >= 0.3 is 0 Å². The number of benzene rings is 2. The number of thioether (sulfide) groups is 1. The normalized spacial score (nSPS) is 10.6. The molecule has 0 aliphatic carbocycles. The largest absolute Gasteiger partial charge is 0.454 e. The lowest BCUT2D eigenvalue weighted by Crippen LogP contribution is -2.14. The summed E-state index contributed by atoms with van der Waals surface area (Å²) >= 11 is 7.69. The van der Waals surface area contributed by atoms with Crippen LogP contribution in [-0.2, 0) is 11.2 Å². The van der Waals surface area contributed by atoms with Crippen molar-refractivity contribution in [2.24, 2.45) is 0 Å². The van der Waals surface area contributed by atoms with Crippen molar-refractivity contribution in [2.45, 2.75) is 31.8 Å². The molecule has 0 atom stereocenters. The highest BCUT2D eigenvalue weighted by molar-refractivity contribution is 7.98. The lowest BCUT2D eigenvalue weighted by Gasteiger charge is -2.14. The number of halogens is 1. The van der Waals surface area contributed by atoms with Crippen LogP contribution in [0.1, 0.15) is 23.4 Å². The molecule has 29 heavy (non-hydrogen) atoms. The Labute approximate surface area is 179 Å². The summed E-state index contributed by atoms with van der Waals surface area (Å²) in [5, 5.41) is 4.19. The molecule has 1 N–H and O–H groups in total. The first-order chi connectivity index (χ1) is 14.0. The van der Waals surface area contributed by atoms with Gasteiger partial charge in [-0.25, -0.2) is 9.97 Å². The van der Waals surface area contributed by atoms with Gasteiger partial charge in [-0.2, -0.15) is 0 Å². The van der Waals surface area contributed by atoms with Gasteiger partial charge in [-0.15, -0.1) is 0 Å². The van der Waals surface area contributed by atoms with Crippen LogP contribution in [0.15, 0.2) is 53.7 Å². The van der Waals surface area contributed by atoms with Crippen molar-refractivity contribution < 1.29 is 9.53 Å². The van der Waals surface area contributed by atoms with Gasteiger partial charge in [0.15, 0.2) is 10.9 Å². The van der Waals surface area contributed by atoms with E-state index in [0.717, 1.165) is 22.1 Å². The molecule has 1 amide bonds. The number of hydrogen-bond donors (Lipinski definition) is 1. The van der Waals surface area contributed by atoms with E-state index in [9.17, 15) is 4.79 Å². The van der Waals surface area contributed by atoms with Gasteiger partial charge in [0.05, 0.1) is 10.7 Å².